The van der Waals surface area contributed by atoms with E-state index in [9.17, 15) is 19.6 Å². The first-order valence-electron chi connectivity index (χ1n) is 8.71. The maximum Gasteiger partial charge on any atom is 0.412 e. The summed E-state index contributed by atoms with van der Waals surface area (Å²) in [6, 6.07) is 10.2. The van der Waals surface area contributed by atoms with E-state index < -0.39 is 12.1 Å². The van der Waals surface area contributed by atoms with Gasteiger partial charge in [0, 0.05) is 27.2 Å². The summed E-state index contributed by atoms with van der Waals surface area (Å²) in [5, 5.41) is 21.6. The number of nitrogens with one attached hydrogen (secondary N) is 1. The van der Waals surface area contributed by atoms with Crippen molar-refractivity contribution in [2.75, 3.05) is 7.11 Å². The molecule has 0 saturated heterocycles. The van der Waals surface area contributed by atoms with Crippen LogP contribution in [-0.2, 0) is 6.54 Å². The predicted molar refractivity (Wildman–Crippen MR) is 108 cm³/mol. The number of amides is 3. The number of benzene rings is 2. The molecule has 3 N–H and O–H groups in total. The molecule has 0 aliphatic heterocycles. The second-order valence-electron chi connectivity index (χ2n) is 6.39. The lowest BCUT2D eigenvalue weighted by molar-refractivity contribution is -0.0499. The van der Waals surface area contributed by atoms with Gasteiger partial charge in [-0.15, -0.1) is 0 Å². The fraction of sp³-hybridized carbons (Fsp3) is 0.150. The quantitative estimate of drug-likeness (QED) is 0.425. The highest BCUT2D eigenvalue weighted by Crippen LogP contribution is 2.31. The lowest BCUT2D eigenvalue weighted by Gasteiger charge is -2.15. The molecule has 0 aliphatic carbocycles. The van der Waals surface area contributed by atoms with Crippen molar-refractivity contribution in [1.29, 1.82) is 0 Å². The first kappa shape index (κ1) is 21.2. The highest BCUT2D eigenvalue weighted by Gasteiger charge is 2.23. The molecule has 1 aromatic heterocycles. The number of carboxylic acid groups (broad SMARTS) is 1. The van der Waals surface area contributed by atoms with Crippen LogP contribution in [0.4, 0.5) is 9.59 Å². The molecule has 1 heterocycles. The molecule has 0 spiro atoms. The molecule has 0 fully saturated rings. The molecule has 3 amide bonds. The van der Waals surface area contributed by atoms with Gasteiger partial charge < -0.3 is 9.84 Å². The molecule has 0 saturated carbocycles. The summed E-state index contributed by atoms with van der Waals surface area (Å²) in [5.74, 6) is 0.185. The molecule has 0 aliphatic rings. The summed E-state index contributed by atoms with van der Waals surface area (Å²) < 4.78 is 6.70. The van der Waals surface area contributed by atoms with Gasteiger partial charge in [-0.3, -0.25) is 14.6 Å². The average molecular weight is 432 g/mol. The number of halogens is 1. The first-order chi connectivity index (χ1) is 14.2. The minimum atomic E-state index is -1.60. The van der Waals surface area contributed by atoms with E-state index in [4.69, 9.17) is 21.4 Å². The van der Waals surface area contributed by atoms with Crippen molar-refractivity contribution < 1.29 is 29.4 Å². The van der Waals surface area contributed by atoms with E-state index in [-0.39, 0.29) is 17.5 Å². The highest BCUT2D eigenvalue weighted by atomic mass is 35.5. The van der Waals surface area contributed by atoms with Gasteiger partial charge in [-0.25, -0.2) is 20.0 Å². The van der Waals surface area contributed by atoms with E-state index in [1.165, 1.54) is 11.7 Å². The fourth-order valence-electron chi connectivity index (χ4n) is 3.15. The molecule has 0 unspecified atom stereocenters. The fourth-order valence-corrected chi connectivity index (χ4v) is 3.28. The Balaban J connectivity index is 2.11. The van der Waals surface area contributed by atoms with Crippen LogP contribution in [0.2, 0.25) is 5.02 Å². The normalized spacial score (nSPS) is 10.7. The Hall–Kier alpha value is -3.56. The molecule has 0 radical (unpaired) electrons. The Kier molecular flexibility index (Phi) is 5.95. The summed E-state index contributed by atoms with van der Waals surface area (Å²) in [5.41, 5.74) is 1.86. The van der Waals surface area contributed by atoms with Gasteiger partial charge in [-0.1, -0.05) is 11.6 Å². The van der Waals surface area contributed by atoms with Gasteiger partial charge in [0.25, 0.3) is 5.91 Å². The molecule has 156 valence electrons. The predicted octanol–water partition coefficient (Wildman–Crippen LogP) is 3.88. The Bertz CT molecular complexity index is 1140. The number of nitrogens with zero attached hydrogens (tertiary/aromatic N) is 2. The van der Waals surface area contributed by atoms with E-state index in [2.05, 4.69) is 0 Å². The molecule has 3 aromatic rings. The number of hydrogen-bond acceptors (Lipinski definition) is 5. The Morgan fingerprint density at radius 1 is 1.17 bits per heavy atom. The minimum absolute atomic E-state index is 0.229. The summed E-state index contributed by atoms with van der Waals surface area (Å²) in [4.78, 5) is 35.6. The van der Waals surface area contributed by atoms with E-state index >= 15 is 0 Å². The number of aromatic nitrogens is 1. The van der Waals surface area contributed by atoms with Crippen molar-refractivity contribution in [1.82, 2.24) is 14.9 Å². The lowest BCUT2D eigenvalue weighted by atomic mass is 10.1. The third-order valence-corrected chi connectivity index (χ3v) is 4.84. The van der Waals surface area contributed by atoms with Gasteiger partial charge in [0.1, 0.15) is 5.75 Å². The van der Waals surface area contributed by atoms with E-state index in [0.717, 1.165) is 0 Å². The van der Waals surface area contributed by atoms with Crippen LogP contribution in [0.25, 0.3) is 10.9 Å². The Labute approximate surface area is 176 Å². The highest BCUT2D eigenvalue weighted by molar-refractivity contribution is 6.30. The third-order valence-electron chi connectivity index (χ3n) is 4.59. The van der Waals surface area contributed by atoms with Crippen molar-refractivity contribution in [3.8, 4) is 5.75 Å². The van der Waals surface area contributed by atoms with Crippen molar-refractivity contribution in [3.05, 3.63) is 64.3 Å². The monoisotopic (exact) mass is 431 g/mol. The van der Waals surface area contributed by atoms with Gasteiger partial charge in [0.15, 0.2) is 0 Å². The standard InChI is InChI=1S/C20H18ClN3O6/c1-11-16(10-23(29)19(26)22-20(27)28)15-9-14(30-2)7-8-17(15)24(11)18(25)12-3-5-13(21)6-4-12/h3-9,29H,10H2,1-2H3,(H,22,26)(H,27,28). The maximum atomic E-state index is 13.2. The van der Waals surface area contributed by atoms with Gasteiger partial charge in [0.2, 0.25) is 0 Å². The van der Waals surface area contributed by atoms with Crippen LogP contribution >= 0.6 is 11.6 Å². The second kappa shape index (κ2) is 8.44. The summed E-state index contributed by atoms with van der Waals surface area (Å²) >= 11 is 5.90. The second-order valence-corrected chi connectivity index (χ2v) is 6.82. The molecule has 9 nitrogen and oxygen atoms in total. The van der Waals surface area contributed by atoms with Crippen LogP contribution in [0.1, 0.15) is 21.6 Å². The number of carbonyl (C=O) groups is 3. The number of carbonyl (C=O) groups excluding carboxylic acids is 2. The van der Waals surface area contributed by atoms with Gasteiger partial charge in [-0.2, -0.15) is 0 Å². The van der Waals surface area contributed by atoms with E-state index in [0.29, 0.717) is 38.5 Å². The number of ether oxygens (including phenoxy) is 1. The zero-order valence-corrected chi connectivity index (χ0v) is 16.8. The smallest absolute Gasteiger partial charge is 0.412 e. The van der Waals surface area contributed by atoms with Gasteiger partial charge in [0.05, 0.1) is 19.2 Å². The number of rotatable bonds is 4. The van der Waals surface area contributed by atoms with Crippen LogP contribution in [0, 0.1) is 6.92 Å². The van der Waals surface area contributed by atoms with Crippen LogP contribution in [0.15, 0.2) is 42.5 Å². The number of urea groups is 1. The molecule has 30 heavy (non-hydrogen) atoms. The summed E-state index contributed by atoms with van der Waals surface area (Å²) in [6.45, 7) is 1.31. The SMILES string of the molecule is COc1ccc2c(c1)c(CN(O)C(=O)NC(=O)O)c(C)n2C(=O)c1ccc(Cl)cc1. The van der Waals surface area contributed by atoms with E-state index in [1.807, 2.05) is 0 Å². The molecule has 0 bridgehead atoms. The summed E-state index contributed by atoms with van der Waals surface area (Å²) in [6.07, 6.45) is -1.60. The zero-order chi connectivity index (χ0) is 22.0. The van der Waals surface area contributed by atoms with Crippen LogP contribution in [0.5, 0.6) is 5.75 Å². The van der Waals surface area contributed by atoms with E-state index in [1.54, 1.807) is 54.7 Å². The Morgan fingerprint density at radius 3 is 2.43 bits per heavy atom. The minimum Gasteiger partial charge on any atom is -0.497 e. The lowest BCUT2D eigenvalue weighted by Crippen LogP contribution is -2.40. The first-order valence-corrected chi connectivity index (χ1v) is 9.09. The van der Waals surface area contributed by atoms with Crippen LogP contribution < -0.4 is 10.1 Å². The summed E-state index contributed by atoms with van der Waals surface area (Å²) in [7, 11) is 1.49. The maximum absolute atomic E-state index is 13.2. The average Bonchev–Trinajstić information content (AvgIpc) is 2.98. The number of imide groups is 1. The van der Waals surface area contributed by atoms with Crippen LogP contribution in [0.3, 0.4) is 0 Å². The molecule has 10 heteroatoms. The third kappa shape index (κ3) is 4.07. The largest absolute Gasteiger partial charge is 0.497 e. The number of hydroxylamine groups is 2. The molecule has 2 aromatic carbocycles. The van der Waals surface area contributed by atoms with Crippen molar-refractivity contribution in [2.24, 2.45) is 0 Å². The van der Waals surface area contributed by atoms with Crippen molar-refractivity contribution >= 4 is 40.5 Å². The Morgan fingerprint density at radius 2 is 1.83 bits per heavy atom. The van der Waals surface area contributed by atoms with Gasteiger partial charge >= 0.3 is 12.1 Å². The van der Waals surface area contributed by atoms with Gasteiger partial charge in [-0.05, 0) is 49.4 Å². The molecule has 3 rings (SSSR count). The number of methoxy groups -OCH3 is 1. The number of hydrogen-bond donors (Lipinski definition) is 3. The molecular formula is C20H18ClN3O6. The zero-order valence-electron chi connectivity index (χ0n) is 16.0. The molecular weight excluding hydrogens is 414 g/mol. The van der Waals surface area contributed by atoms with Crippen LogP contribution in [-0.4, -0.2) is 45.1 Å². The number of fused-ring (bicyclic) bond motifs is 1. The topological polar surface area (TPSA) is 121 Å². The van der Waals surface area contributed by atoms with Crippen molar-refractivity contribution in [3.63, 3.8) is 0 Å². The molecule has 0 atom stereocenters. The van der Waals surface area contributed by atoms with Crippen molar-refractivity contribution in [2.45, 2.75) is 13.5 Å².